The monoisotopic (exact) mass is 261 g/mol. The molecule has 0 atom stereocenters. The van der Waals surface area contributed by atoms with E-state index in [1.807, 2.05) is 6.92 Å². The summed E-state index contributed by atoms with van der Waals surface area (Å²) in [6.07, 6.45) is 6.72. The zero-order valence-electron chi connectivity index (χ0n) is 11.7. The van der Waals surface area contributed by atoms with Crippen molar-refractivity contribution in [1.82, 2.24) is 0 Å². The van der Waals surface area contributed by atoms with E-state index >= 15 is 0 Å². The Morgan fingerprint density at radius 3 is 2.53 bits per heavy atom. The van der Waals surface area contributed by atoms with Gasteiger partial charge in [-0.1, -0.05) is 31.4 Å². The SMILES string of the molecule is CCOC(=O)CNc1ccc(C2CCCCC2)cc1. The molecule has 2 rings (SSSR count). The van der Waals surface area contributed by atoms with E-state index in [1.165, 1.54) is 37.7 Å². The van der Waals surface area contributed by atoms with E-state index in [2.05, 4.69) is 29.6 Å². The van der Waals surface area contributed by atoms with Crippen LogP contribution in [0.4, 0.5) is 5.69 Å². The summed E-state index contributed by atoms with van der Waals surface area (Å²) >= 11 is 0. The van der Waals surface area contributed by atoms with Crippen molar-refractivity contribution in [3.8, 4) is 0 Å². The molecule has 1 aromatic rings. The summed E-state index contributed by atoms with van der Waals surface area (Å²) in [5.41, 5.74) is 2.41. The topological polar surface area (TPSA) is 38.3 Å². The highest BCUT2D eigenvalue weighted by Crippen LogP contribution is 2.32. The minimum Gasteiger partial charge on any atom is -0.465 e. The Balaban J connectivity index is 1.85. The van der Waals surface area contributed by atoms with Gasteiger partial charge in [-0.25, -0.2) is 0 Å². The lowest BCUT2D eigenvalue weighted by molar-refractivity contribution is -0.140. The van der Waals surface area contributed by atoms with Crippen LogP contribution in [-0.2, 0) is 9.53 Å². The average Bonchev–Trinajstić information content (AvgIpc) is 2.47. The Kier molecular flexibility index (Phi) is 5.25. The zero-order chi connectivity index (χ0) is 13.5. The van der Waals surface area contributed by atoms with Crippen LogP contribution in [0.5, 0.6) is 0 Å². The number of ether oxygens (including phenoxy) is 1. The molecular formula is C16H23NO2. The number of anilines is 1. The average molecular weight is 261 g/mol. The summed E-state index contributed by atoms with van der Waals surface area (Å²) in [5, 5.41) is 3.08. The molecule has 0 unspecified atom stereocenters. The van der Waals surface area contributed by atoms with Crippen LogP contribution in [0.25, 0.3) is 0 Å². The Morgan fingerprint density at radius 2 is 1.89 bits per heavy atom. The number of nitrogens with one attached hydrogen (secondary N) is 1. The van der Waals surface area contributed by atoms with E-state index in [-0.39, 0.29) is 12.5 Å². The van der Waals surface area contributed by atoms with E-state index in [4.69, 9.17) is 4.74 Å². The predicted molar refractivity (Wildman–Crippen MR) is 77.4 cm³/mol. The van der Waals surface area contributed by atoms with E-state index < -0.39 is 0 Å². The van der Waals surface area contributed by atoms with E-state index in [0.717, 1.165) is 11.6 Å². The fourth-order valence-corrected chi connectivity index (χ4v) is 2.70. The molecule has 19 heavy (non-hydrogen) atoms. The molecule has 0 amide bonds. The van der Waals surface area contributed by atoms with Crippen LogP contribution in [0.1, 0.15) is 50.5 Å². The molecule has 1 saturated carbocycles. The normalized spacial score (nSPS) is 16.1. The van der Waals surface area contributed by atoms with E-state index in [1.54, 1.807) is 0 Å². The Labute approximate surface area is 115 Å². The third kappa shape index (κ3) is 4.27. The molecule has 0 aliphatic heterocycles. The number of carbonyl (C=O) groups excluding carboxylic acids is 1. The molecule has 1 fully saturated rings. The zero-order valence-corrected chi connectivity index (χ0v) is 11.7. The van der Waals surface area contributed by atoms with Crippen LogP contribution < -0.4 is 5.32 Å². The van der Waals surface area contributed by atoms with Crippen molar-refractivity contribution in [2.45, 2.75) is 44.9 Å². The fraction of sp³-hybridized carbons (Fsp3) is 0.562. The molecule has 3 heteroatoms. The standard InChI is InChI=1S/C16H23NO2/c1-2-19-16(18)12-17-15-10-8-14(9-11-15)13-6-4-3-5-7-13/h8-11,13,17H,2-7,12H2,1H3. The van der Waals surface area contributed by atoms with Crippen LogP contribution in [-0.4, -0.2) is 19.1 Å². The Hall–Kier alpha value is -1.51. The van der Waals surface area contributed by atoms with Gasteiger partial charge in [0.25, 0.3) is 0 Å². The number of rotatable bonds is 5. The molecule has 0 radical (unpaired) electrons. The molecule has 3 nitrogen and oxygen atoms in total. The van der Waals surface area contributed by atoms with E-state index in [9.17, 15) is 4.79 Å². The lowest BCUT2D eigenvalue weighted by Crippen LogP contribution is -2.16. The molecule has 1 aromatic carbocycles. The van der Waals surface area contributed by atoms with Crippen molar-refractivity contribution < 1.29 is 9.53 Å². The smallest absolute Gasteiger partial charge is 0.325 e. The maximum Gasteiger partial charge on any atom is 0.325 e. The molecule has 0 bridgehead atoms. The van der Waals surface area contributed by atoms with Crippen molar-refractivity contribution in [1.29, 1.82) is 0 Å². The predicted octanol–water partition coefficient (Wildman–Crippen LogP) is 3.71. The molecule has 0 heterocycles. The van der Waals surface area contributed by atoms with Gasteiger partial charge in [0.05, 0.1) is 6.61 Å². The minimum absolute atomic E-state index is 0.209. The summed E-state index contributed by atoms with van der Waals surface area (Å²) in [5.74, 6) is 0.520. The number of hydrogen-bond acceptors (Lipinski definition) is 3. The summed E-state index contributed by atoms with van der Waals surface area (Å²) in [7, 11) is 0. The van der Waals surface area contributed by atoms with Gasteiger partial charge in [0.15, 0.2) is 0 Å². The first-order chi connectivity index (χ1) is 9.29. The van der Waals surface area contributed by atoms with Gasteiger partial charge in [-0.3, -0.25) is 4.79 Å². The minimum atomic E-state index is -0.209. The third-order valence-electron chi connectivity index (χ3n) is 3.73. The van der Waals surface area contributed by atoms with Gasteiger partial charge in [-0.15, -0.1) is 0 Å². The molecule has 1 aliphatic carbocycles. The molecule has 0 aromatic heterocycles. The molecule has 1 N–H and O–H groups in total. The van der Waals surface area contributed by atoms with Gasteiger partial charge >= 0.3 is 5.97 Å². The third-order valence-corrected chi connectivity index (χ3v) is 3.73. The highest BCUT2D eigenvalue weighted by Gasteiger charge is 2.15. The second kappa shape index (κ2) is 7.17. The maximum atomic E-state index is 11.2. The molecule has 1 aliphatic rings. The van der Waals surface area contributed by atoms with Crippen molar-refractivity contribution in [2.24, 2.45) is 0 Å². The fourth-order valence-electron chi connectivity index (χ4n) is 2.70. The van der Waals surface area contributed by atoms with E-state index in [0.29, 0.717) is 6.61 Å². The van der Waals surface area contributed by atoms with Gasteiger partial charge < -0.3 is 10.1 Å². The molecule has 0 spiro atoms. The molecule has 0 saturated heterocycles. The van der Waals surface area contributed by atoms with Gasteiger partial charge in [-0.2, -0.15) is 0 Å². The molecular weight excluding hydrogens is 238 g/mol. The highest BCUT2D eigenvalue weighted by molar-refractivity contribution is 5.74. The maximum absolute atomic E-state index is 11.2. The van der Waals surface area contributed by atoms with Crippen LogP contribution in [0.15, 0.2) is 24.3 Å². The first-order valence-electron chi connectivity index (χ1n) is 7.29. The van der Waals surface area contributed by atoms with Crippen LogP contribution in [0.3, 0.4) is 0 Å². The first kappa shape index (κ1) is 13.9. The van der Waals surface area contributed by atoms with Crippen LogP contribution in [0.2, 0.25) is 0 Å². The summed E-state index contributed by atoms with van der Waals surface area (Å²) in [6, 6.07) is 8.49. The van der Waals surface area contributed by atoms with Crippen molar-refractivity contribution >= 4 is 11.7 Å². The van der Waals surface area contributed by atoms with Gasteiger partial charge in [0.2, 0.25) is 0 Å². The van der Waals surface area contributed by atoms with Crippen molar-refractivity contribution in [2.75, 3.05) is 18.5 Å². The summed E-state index contributed by atoms with van der Waals surface area (Å²) in [4.78, 5) is 11.2. The first-order valence-corrected chi connectivity index (χ1v) is 7.29. The highest BCUT2D eigenvalue weighted by atomic mass is 16.5. The Morgan fingerprint density at radius 1 is 1.21 bits per heavy atom. The number of esters is 1. The van der Waals surface area contributed by atoms with Gasteiger partial charge in [0.1, 0.15) is 6.54 Å². The number of benzene rings is 1. The van der Waals surface area contributed by atoms with Gasteiger partial charge in [-0.05, 0) is 43.4 Å². The summed E-state index contributed by atoms with van der Waals surface area (Å²) in [6.45, 7) is 2.48. The largest absolute Gasteiger partial charge is 0.465 e. The Bertz CT molecular complexity index is 394. The number of carbonyl (C=O) groups is 1. The lowest BCUT2D eigenvalue weighted by Gasteiger charge is -2.22. The second-order valence-corrected chi connectivity index (χ2v) is 5.12. The van der Waals surface area contributed by atoms with Crippen LogP contribution >= 0.6 is 0 Å². The molecule has 104 valence electrons. The summed E-state index contributed by atoms with van der Waals surface area (Å²) < 4.78 is 4.88. The quantitative estimate of drug-likeness (QED) is 0.821. The van der Waals surface area contributed by atoms with Crippen LogP contribution in [0, 0.1) is 0 Å². The van der Waals surface area contributed by atoms with Crippen molar-refractivity contribution in [3.63, 3.8) is 0 Å². The number of hydrogen-bond donors (Lipinski definition) is 1. The second-order valence-electron chi connectivity index (χ2n) is 5.12. The van der Waals surface area contributed by atoms with Gasteiger partial charge in [0, 0.05) is 5.69 Å². The van der Waals surface area contributed by atoms with Crippen molar-refractivity contribution in [3.05, 3.63) is 29.8 Å². The lowest BCUT2D eigenvalue weighted by atomic mass is 9.84.